The Hall–Kier alpha value is -2.40. The Labute approximate surface area is 175 Å². The highest BCUT2D eigenvalue weighted by Crippen LogP contribution is 2.43. The predicted molar refractivity (Wildman–Crippen MR) is 97.1 cm³/mol. The van der Waals surface area contributed by atoms with E-state index < -0.39 is 84.0 Å². The molecule has 0 radical (unpaired) electrons. The van der Waals surface area contributed by atoms with Gasteiger partial charge in [0.1, 0.15) is 29.9 Å². The van der Waals surface area contributed by atoms with Crippen LogP contribution in [0.5, 0.6) is 0 Å². The highest BCUT2D eigenvalue weighted by Gasteiger charge is 2.69. The average Bonchev–Trinajstić information content (AvgIpc) is 2.64. The van der Waals surface area contributed by atoms with E-state index in [0.717, 1.165) is 6.92 Å². The molecule has 0 aliphatic carbocycles. The molecule has 12 N–H and O–H groups in total. The number of carbonyl (C=O) groups is 4. The van der Waals surface area contributed by atoms with Gasteiger partial charge in [-0.15, -0.1) is 0 Å². The van der Waals surface area contributed by atoms with Crippen molar-refractivity contribution in [3.05, 3.63) is 0 Å². The SMILES string of the molecule is CC(=O)N[C@@H]1[C@@H](O)[C@H](O)[C@@H](CO)O[C@]1(O)C(CC(=O)O)[C@@](N)(C(=O)O)[C@](C)(N)C(=O)O. The molecule has 8 atom stereocenters. The van der Waals surface area contributed by atoms with Crippen LogP contribution in [0.15, 0.2) is 0 Å². The van der Waals surface area contributed by atoms with Gasteiger partial charge in [-0.25, -0.2) is 0 Å². The monoisotopic (exact) mass is 453 g/mol. The van der Waals surface area contributed by atoms with Crippen LogP contribution in [0.3, 0.4) is 0 Å². The molecular formula is C16H27N3O12. The van der Waals surface area contributed by atoms with Crippen molar-refractivity contribution in [2.75, 3.05) is 6.61 Å². The molecule has 1 fully saturated rings. The first-order chi connectivity index (χ1) is 14.0. The lowest BCUT2D eigenvalue weighted by molar-refractivity contribution is -0.346. The fraction of sp³-hybridized carbons (Fsp3) is 0.750. The summed E-state index contributed by atoms with van der Waals surface area (Å²) < 4.78 is 5.18. The summed E-state index contributed by atoms with van der Waals surface area (Å²) in [5.74, 6) is -12.5. The number of aliphatic hydroxyl groups excluding tert-OH is 3. The Morgan fingerprint density at radius 1 is 1.10 bits per heavy atom. The lowest BCUT2D eigenvalue weighted by Crippen LogP contribution is -2.82. The lowest BCUT2D eigenvalue weighted by atomic mass is 9.63. The fourth-order valence-corrected chi connectivity index (χ4v) is 3.62. The number of carbonyl (C=O) groups excluding carboxylic acids is 1. The molecule has 31 heavy (non-hydrogen) atoms. The van der Waals surface area contributed by atoms with E-state index in [0.29, 0.717) is 6.92 Å². The molecule has 1 aliphatic heterocycles. The summed E-state index contributed by atoms with van der Waals surface area (Å²) in [6.07, 6.45) is -7.21. The largest absolute Gasteiger partial charge is 0.481 e. The fourth-order valence-electron chi connectivity index (χ4n) is 3.62. The van der Waals surface area contributed by atoms with E-state index >= 15 is 0 Å². The van der Waals surface area contributed by atoms with E-state index in [9.17, 15) is 54.9 Å². The van der Waals surface area contributed by atoms with Crippen LogP contribution in [0.4, 0.5) is 0 Å². The van der Waals surface area contributed by atoms with Crippen molar-refractivity contribution in [1.29, 1.82) is 0 Å². The number of aliphatic carboxylic acids is 3. The van der Waals surface area contributed by atoms with Crippen LogP contribution in [0.25, 0.3) is 0 Å². The molecule has 0 aromatic carbocycles. The zero-order chi connectivity index (χ0) is 24.5. The van der Waals surface area contributed by atoms with Crippen molar-refractivity contribution in [1.82, 2.24) is 5.32 Å². The van der Waals surface area contributed by atoms with Gasteiger partial charge in [-0.1, -0.05) is 0 Å². The maximum Gasteiger partial charge on any atom is 0.326 e. The first-order valence-electron chi connectivity index (χ1n) is 8.89. The number of rotatable bonds is 9. The highest BCUT2D eigenvalue weighted by molar-refractivity contribution is 5.93. The molecule has 15 nitrogen and oxygen atoms in total. The first-order valence-corrected chi connectivity index (χ1v) is 8.89. The number of carboxylic acid groups (broad SMARTS) is 3. The summed E-state index contributed by atoms with van der Waals surface area (Å²) in [5, 5.41) is 71.9. The quantitative estimate of drug-likeness (QED) is 0.156. The number of nitrogens with two attached hydrogens (primary N) is 2. The average molecular weight is 453 g/mol. The number of carboxylic acids is 3. The van der Waals surface area contributed by atoms with E-state index in [1.807, 2.05) is 5.32 Å². The summed E-state index contributed by atoms with van der Waals surface area (Å²) in [7, 11) is 0. The molecular weight excluding hydrogens is 426 g/mol. The van der Waals surface area contributed by atoms with Gasteiger partial charge in [0, 0.05) is 6.92 Å². The third-order valence-electron chi connectivity index (χ3n) is 5.48. The van der Waals surface area contributed by atoms with Gasteiger partial charge in [-0.2, -0.15) is 0 Å². The molecule has 1 aliphatic rings. The number of amides is 1. The van der Waals surface area contributed by atoms with E-state index in [4.69, 9.17) is 16.2 Å². The van der Waals surface area contributed by atoms with Gasteiger partial charge in [0.2, 0.25) is 5.91 Å². The standard InChI is InChI=1S/C16H27N3O12/c1-5(21)19-11-10(25)9(24)6(4-20)31-16(11,30)7(3-8(22)23)15(18,13(28)29)14(2,17)12(26)27/h6-7,9-11,20,24-25,30H,3-4,17-18H2,1-2H3,(H,19,21)(H,22,23)(H,26,27)(H,28,29)/t6-,7?,9-,10+,11-,14-,15-,16-/m1/s1. The molecule has 0 saturated carbocycles. The van der Waals surface area contributed by atoms with Crippen molar-refractivity contribution < 1.29 is 59.7 Å². The van der Waals surface area contributed by atoms with Gasteiger partial charge in [0.25, 0.3) is 0 Å². The van der Waals surface area contributed by atoms with E-state index in [1.54, 1.807) is 0 Å². The van der Waals surface area contributed by atoms with Crippen LogP contribution >= 0.6 is 0 Å². The molecule has 1 saturated heterocycles. The molecule has 1 rings (SSSR count). The lowest BCUT2D eigenvalue weighted by Gasteiger charge is -2.55. The van der Waals surface area contributed by atoms with Gasteiger partial charge in [-0.3, -0.25) is 19.2 Å². The Balaban J connectivity index is 3.89. The van der Waals surface area contributed by atoms with Crippen LogP contribution in [-0.2, 0) is 23.9 Å². The third-order valence-corrected chi connectivity index (χ3v) is 5.48. The topological polar surface area (TPSA) is 283 Å². The molecule has 1 heterocycles. The summed E-state index contributed by atoms with van der Waals surface area (Å²) in [4.78, 5) is 47.0. The molecule has 0 aromatic rings. The van der Waals surface area contributed by atoms with Crippen LogP contribution in [0, 0.1) is 5.92 Å². The zero-order valence-corrected chi connectivity index (χ0v) is 16.6. The Bertz CT molecular complexity index is 745. The number of aliphatic hydroxyl groups is 4. The minimum absolute atomic E-state index is 0.659. The van der Waals surface area contributed by atoms with Gasteiger partial charge in [0.15, 0.2) is 11.3 Å². The number of hydrogen-bond donors (Lipinski definition) is 10. The second-order valence-corrected chi connectivity index (χ2v) is 7.58. The smallest absolute Gasteiger partial charge is 0.326 e. The minimum atomic E-state index is -3.27. The normalized spacial score (nSPS) is 33.4. The molecule has 1 unspecified atom stereocenters. The van der Waals surface area contributed by atoms with Crippen LogP contribution in [-0.4, -0.2) is 107 Å². The van der Waals surface area contributed by atoms with E-state index in [1.165, 1.54) is 0 Å². The molecule has 0 spiro atoms. The van der Waals surface area contributed by atoms with Crippen LogP contribution in [0.2, 0.25) is 0 Å². The Morgan fingerprint density at radius 2 is 1.61 bits per heavy atom. The third kappa shape index (κ3) is 4.47. The van der Waals surface area contributed by atoms with Gasteiger partial charge < -0.3 is 57.3 Å². The molecule has 15 heteroatoms. The second-order valence-electron chi connectivity index (χ2n) is 7.58. The van der Waals surface area contributed by atoms with Gasteiger partial charge in [-0.05, 0) is 6.92 Å². The van der Waals surface area contributed by atoms with Crippen molar-refractivity contribution in [3.63, 3.8) is 0 Å². The van der Waals surface area contributed by atoms with Crippen LogP contribution < -0.4 is 16.8 Å². The minimum Gasteiger partial charge on any atom is -0.481 e. The molecule has 1 amide bonds. The van der Waals surface area contributed by atoms with Gasteiger partial charge >= 0.3 is 17.9 Å². The Morgan fingerprint density at radius 3 is 1.97 bits per heavy atom. The maximum absolute atomic E-state index is 12.1. The number of nitrogens with one attached hydrogen (secondary N) is 1. The van der Waals surface area contributed by atoms with Crippen molar-refractivity contribution in [2.24, 2.45) is 17.4 Å². The summed E-state index contributed by atoms with van der Waals surface area (Å²) in [5.41, 5.74) is 5.31. The van der Waals surface area contributed by atoms with Crippen molar-refractivity contribution in [2.45, 2.75) is 61.5 Å². The number of hydrogen-bond acceptors (Lipinski definition) is 11. The summed E-state index contributed by atoms with van der Waals surface area (Å²) >= 11 is 0. The molecule has 178 valence electrons. The predicted octanol–water partition coefficient (Wildman–Crippen LogP) is -5.03. The summed E-state index contributed by atoms with van der Waals surface area (Å²) in [6, 6.07) is -2.10. The van der Waals surface area contributed by atoms with Crippen molar-refractivity contribution >= 4 is 23.8 Å². The molecule has 0 aromatic heterocycles. The van der Waals surface area contributed by atoms with E-state index in [-0.39, 0.29) is 0 Å². The van der Waals surface area contributed by atoms with E-state index in [2.05, 4.69) is 0 Å². The molecule has 0 bridgehead atoms. The number of ether oxygens (including phenoxy) is 1. The van der Waals surface area contributed by atoms with Crippen molar-refractivity contribution in [3.8, 4) is 0 Å². The summed E-state index contributed by atoms with van der Waals surface area (Å²) in [6.45, 7) is 0.532. The maximum atomic E-state index is 12.1. The first kappa shape index (κ1) is 26.6. The second kappa shape index (κ2) is 8.99. The van der Waals surface area contributed by atoms with Gasteiger partial charge in [0.05, 0.1) is 18.9 Å². The zero-order valence-electron chi connectivity index (χ0n) is 16.6. The van der Waals surface area contributed by atoms with Crippen LogP contribution in [0.1, 0.15) is 20.3 Å². The Kier molecular flexibility index (Phi) is 7.73. The highest BCUT2D eigenvalue weighted by atomic mass is 16.7.